The predicted molar refractivity (Wildman–Crippen MR) is 106 cm³/mol. The van der Waals surface area contributed by atoms with Crippen molar-refractivity contribution in [3.05, 3.63) is 29.8 Å². The Morgan fingerprint density at radius 1 is 1.25 bits per heavy atom. The monoisotopic (exact) mass is 465 g/mol. The van der Waals surface area contributed by atoms with Crippen LogP contribution in [0.5, 0.6) is 5.75 Å². The van der Waals surface area contributed by atoms with Gasteiger partial charge in [0.2, 0.25) is 0 Å². The Morgan fingerprint density at radius 3 is 2.71 bits per heavy atom. The molecule has 2 aliphatic rings. The summed E-state index contributed by atoms with van der Waals surface area (Å²) in [5.74, 6) is 2.16. The van der Waals surface area contributed by atoms with Crippen molar-refractivity contribution < 1.29 is 13.2 Å². The van der Waals surface area contributed by atoms with E-state index >= 15 is 0 Å². The number of sulfone groups is 1. The highest BCUT2D eigenvalue weighted by molar-refractivity contribution is 14.0. The third-order valence-corrected chi connectivity index (χ3v) is 6.19. The maximum Gasteiger partial charge on any atom is 0.189 e. The first-order valence-electron chi connectivity index (χ1n) is 8.02. The van der Waals surface area contributed by atoms with Gasteiger partial charge in [-0.2, -0.15) is 0 Å². The maximum atomic E-state index is 11.4. The molecule has 1 unspecified atom stereocenters. The minimum atomic E-state index is -2.82. The number of ether oxygens (including phenoxy) is 1. The minimum Gasteiger partial charge on any atom is -0.493 e. The van der Waals surface area contributed by atoms with E-state index in [1.54, 1.807) is 0 Å². The van der Waals surface area contributed by atoms with Gasteiger partial charge in [0.05, 0.1) is 24.2 Å². The number of para-hydroxylation sites is 1. The molecule has 24 heavy (non-hydrogen) atoms. The zero-order valence-electron chi connectivity index (χ0n) is 13.5. The van der Waals surface area contributed by atoms with Gasteiger partial charge in [0.15, 0.2) is 5.96 Å². The van der Waals surface area contributed by atoms with Gasteiger partial charge in [-0.05, 0) is 24.8 Å². The second kappa shape index (κ2) is 8.37. The van der Waals surface area contributed by atoms with Crippen LogP contribution in [0.1, 0.15) is 30.9 Å². The van der Waals surface area contributed by atoms with Crippen LogP contribution in [0, 0.1) is 5.92 Å². The molecule has 3 rings (SSSR count). The molecule has 1 saturated heterocycles. The lowest BCUT2D eigenvalue weighted by Gasteiger charge is -2.27. The molecule has 0 aliphatic carbocycles. The molecule has 0 saturated carbocycles. The molecule has 1 atom stereocenters. The number of nitrogens with one attached hydrogen (secondary N) is 1. The molecule has 1 aromatic rings. The molecule has 0 amide bonds. The lowest BCUT2D eigenvalue weighted by atomic mass is 10.0. The summed E-state index contributed by atoms with van der Waals surface area (Å²) in [5.41, 5.74) is 7.11. The normalized spacial score (nSPS) is 23.5. The number of aliphatic imine (C=N–C) groups is 1. The van der Waals surface area contributed by atoms with Gasteiger partial charge in [-0.25, -0.2) is 8.42 Å². The number of nitrogens with zero attached hydrogens (tertiary/aromatic N) is 1. The first kappa shape index (κ1) is 19.3. The predicted octanol–water partition coefficient (Wildman–Crippen LogP) is 1.86. The van der Waals surface area contributed by atoms with E-state index < -0.39 is 9.84 Å². The van der Waals surface area contributed by atoms with Crippen LogP contribution in [-0.4, -0.2) is 39.0 Å². The van der Waals surface area contributed by atoms with Crippen molar-refractivity contribution in [3.63, 3.8) is 0 Å². The van der Waals surface area contributed by atoms with Crippen molar-refractivity contribution in [3.8, 4) is 5.75 Å². The van der Waals surface area contributed by atoms with Crippen molar-refractivity contribution >= 4 is 39.8 Å². The van der Waals surface area contributed by atoms with Gasteiger partial charge >= 0.3 is 0 Å². The third-order valence-electron chi connectivity index (χ3n) is 4.47. The summed E-state index contributed by atoms with van der Waals surface area (Å²) < 4.78 is 28.5. The molecule has 6 nitrogen and oxygen atoms in total. The van der Waals surface area contributed by atoms with Crippen LogP contribution >= 0.6 is 24.0 Å². The number of nitrogens with two attached hydrogens (primary N) is 1. The van der Waals surface area contributed by atoms with Crippen molar-refractivity contribution in [2.24, 2.45) is 16.6 Å². The molecule has 0 bridgehead atoms. The van der Waals surface area contributed by atoms with Crippen LogP contribution in [0.25, 0.3) is 0 Å². The number of guanidine groups is 1. The lowest BCUT2D eigenvalue weighted by Crippen LogP contribution is -2.38. The molecule has 8 heteroatoms. The molecule has 134 valence electrons. The fourth-order valence-corrected chi connectivity index (χ4v) is 4.65. The minimum absolute atomic E-state index is 0. The number of hydrogen-bond acceptors (Lipinski definition) is 4. The number of hydrogen-bond donors (Lipinski definition) is 2. The average Bonchev–Trinajstić information content (AvgIpc) is 2.54. The van der Waals surface area contributed by atoms with Gasteiger partial charge in [0, 0.05) is 18.5 Å². The summed E-state index contributed by atoms with van der Waals surface area (Å²) in [6, 6.07) is 8.04. The Balaban J connectivity index is 0.00000208. The van der Waals surface area contributed by atoms with E-state index in [2.05, 4.69) is 10.3 Å². The molecule has 0 spiro atoms. The van der Waals surface area contributed by atoms with E-state index in [0.29, 0.717) is 37.9 Å². The molecule has 2 heterocycles. The van der Waals surface area contributed by atoms with Gasteiger partial charge < -0.3 is 15.8 Å². The largest absolute Gasteiger partial charge is 0.493 e. The molecule has 3 N–H and O–H groups in total. The molecule has 1 fully saturated rings. The van der Waals surface area contributed by atoms with E-state index in [-0.39, 0.29) is 41.5 Å². The Labute approximate surface area is 160 Å². The highest BCUT2D eigenvalue weighted by atomic mass is 127. The lowest BCUT2D eigenvalue weighted by molar-refractivity contribution is 0.262. The zero-order chi connectivity index (χ0) is 16.3. The van der Waals surface area contributed by atoms with Gasteiger partial charge in [0.25, 0.3) is 0 Å². The maximum absolute atomic E-state index is 11.4. The van der Waals surface area contributed by atoms with Crippen LogP contribution in [0.4, 0.5) is 0 Å². The van der Waals surface area contributed by atoms with E-state index in [1.165, 1.54) is 0 Å². The molecule has 0 aromatic heterocycles. The second-order valence-electron chi connectivity index (χ2n) is 6.19. The smallest absolute Gasteiger partial charge is 0.189 e. The van der Waals surface area contributed by atoms with Gasteiger partial charge in [0.1, 0.15) is 15.6 Å². The van der Waals surface area contributed by atoms with E-state index in [9.17, 15) is 8.42 Å². The van der Waals surface area contributed by atoms with E-state index in [1.807, 2.05) is 24.3 Å². The fraction of sp³-hybridized carbons (Fsp3) is 0.562. The average molecular weight is 465 g/mol. The first-order chi connectivity index (χ1) is 11.0. The highest BCUT2D eigenvalue weighted by Crippen LogP contribution is 2.31. The van der Waals surface area contributed by atoms with Crippen molar-refractivity contribution in [1.29, 1.82) is 0 Å². The Morgan fingerprint density at radius 2 is 1.96 bits per heavy atom. The standard InChI is InChI=1S/C16H23N3O3S.HI/c17-16(18-11-12-6-9-23(20,21)10-7-12)19-14-5-8-22-15-4-2-1-3-13(14)15;/h1-4,12,14H,5-11H2,(H3,17,18,19);1H. The summed E-state index contributed by atoms with van der Waals surface area (Å²) in [5, 5.41) is 3.26. The third kappa shape index (κ3) is 4.98. The van der Waals surface area contributed by atoms with Crippen LogP contribution in [0.3, 0.4) is 0 Å². The van der Waals surface area contributed by atoms with Crippen molar-refractivity contribution in [1.82, 2.24) is 5.32 Å². The summed E-state index contributed by atoms with van der Waals surface area (Å²) in [7, 11) is -2.82. The van der Waals surface area contributed by atoms with Crippen LogP contribution in [-0.2, 0) is 9.84 Å². The van der Waals surface area contributed by atoms with E-state index in [4.69, 9.17) is 10.5 Å². The fourth-order valence-electron chi connectivity index (χ4n) is 3.07. The van der Waals surface area contributed by atoms with Crippen LogP contribution in [0.2, 0.25) is 0 Å². The molecular formula is C16H24IN3O3S. The number of fused-ring (bicyclic) bond motifs is 1. The van der Waals surface area contributed by atoms with Gasteiger partial charge in [-0.15, -0.1) is 24.0 Å². The summed E-state index contributed by atoms with van der Waals surface area (Å²) in [6.07, 6.45) is 2.20. The van der Waals surface area contributed by atoms with Gasteiger partial charge in [-0.1, -0.05) is 18.2 Å². The van der Waals surface area contributed by atoms with Crippen LogP contribution < -0.4 is 15.8 Å². The SMILES string of the molecule is I.NC(=NCC1CCS(=O)(=O)CC1)NC1CCOc2ccccc21. The quantitative estimate of drug-likeness (QED) is 0.404. The number of halogens is 1. The highest BCUT2D eigenvalue weighted by Gasteiger charge is 2.24. The Hall–Kier alpha value is -1.03. The van der Waals surface area contributed by atoms with Gasteiger partial charge in [-0.3, -0.25) is 4.99 Å². The zero-order valence-corrected chi connectivity index (χ0v) is 16.6. The number of rotatable bonds is 3. The summed E-state index contributed by atoms with van der Waals surface area (Å²) in [4.78, 5) is 4.41. The van der Waals surface area contributed by atoms with Crippen molar-refractivity contribution in [2.75, 3.05) is 24.7 Å². The molecule has 0 radical (unpaired) electrons. The molecule has 1 aromatic carbocycles. The second-order valence-corrected chi connectivity index (χ2v) is 8.50. The van der Waals surface area contributed by atoms with E-state index in [0.717, 1.165) is 17.7 Å². The molecule has 2 aliphatic heterocycles. The van der Waals surface area contributed by atoms with Crippen molar-refractivity contribution in [2.45, 2.75) is 25.3 Å². The summed E-state index contributed by atoms with van der Waals surface area (Å²) in [6.45, 7) is 1.24. The molecular weight excluding hydrogens is 441 g/mol. The summed E-state index contributed by atoms with van der Waals surface area (Å²) >= 11 is 0. The first-order valence-corrected chi connectivity index (χ1v) is 9.84. The van der Waals surface area contributed by atoms with Crippen LogP contribution in [0.15, 0.2) is 29.3 Å². The number of benzene rings is 1. The Kier molecular flexibility index (Phi) is 6.73. The topological polar surface area (TPSA) is 93.8 Å². The Bertz CT molecular complexity index is 680.